The number of nitrogens with zero attached hydrogens (tertiary/aromatic N) is 1. The summed E-state index contributed by atoms with van der Waals surface area (Å²) in [7, 11) is 0. The molecule has 0 saturated heterocycles. The van der Waals surface area contributed by atoms with Gasteiger partial charge in [-0.3, -0.25) is 4.98 Å². The summed E-state index contributed by atoms with van der Waals surface area (Å²) < 4.78 is 57.4. The topological polar surface area (TPSA) is 34.2 Å². The third-order valence-corrected chi connectivity index (χ3v) is 5.37. The summed E-state index contributed by atoms with van der Waals surface area (Å²) in [6.45, 7) is 2.76. The smallest absolute Gasteiger partial charge is 0.419 e. The predicted molar refractivity (Wildman–Crippen MR) is 109 cm³/mol. The zero-order valence-corrected chi connectivity index (χ0v) is 17.0. The van der Waals surface area contributed by atoms with Gasteiger partial charge in [0, 0.05) is 30.4 Å². The molecule has 0 spiro atoms. The Balaban J connectivity index is 0.00000256. The molecule has 3 aromatic rings. The molecule has 2 aromatic carbocycles. The second-order valence-electron chi connectivity index (χ2n) is 7.39. The molecule has 160 valence electrons. The molecule has 8 heteroatoms. The summed E-state index contributed by atoms with van der Waals surface area (Å²) in [5.74, 6) is -1.25. The first kappa shape index (κ1) is 22.3. The summed E-state index contributed by atoms with van der Waals surface area (Å²) in [6.07, 6.45) is 0.0596. The molecule has 0 amide bonds. The highest BCUT2D eigenvalue weighted by atomic mass is 35.5. The summed E-state index contributed by atoms with van der Waals surface area (Å²) in [4.78, 5) is 4.15. The average molecular weight is 441 g/mol. The van der Waals surface area contributed by atoms with E-state index in [-0.39, 0.29) is 30.3 Å². The lowest BCUT2D eigenvalue weighted by Crippen LogP contribution is -2.46. The molecule has 4 rings (SSSR count). The Labute approximate surface area is 177 Å². The number of ether oxygens (including phenoxy) is 1. The Kier molecular flexibility index (Phi) is 6.53. The van der Waals surface area contributed by atoms with Crippen molar-refractivity contribution in [2.45, 2.75) is 44.6 Å². The molecule has 3 nitrogen and oxygen atoms in total. The van der Waals surface area contributed by atoms with Crippen LogP contribution in [0.3, 0.4) is 0 Å². The molecule has 1 heterocycles. The molecule has 30 heavy (non-hydrogen) atoms. The number of aromatic nitrogens is 1. The van der Waals surface area contributed by atoms with Crippen LogP contribution in [0.4, 0.5) is 17.6 Å². The van der Waals surface area contributed by atoms with Crippen molar-refractivity contribution in [2.24, 2.45) is 0 Å². The first-order valence-corrected chi connectivity index (χ1v) is 9.40. The number of alkyl halides is 3. The third kappa shape index (κ3) is 4.68. The van der Waals surface area contributed by atoms with Gasteiger partial charge in [-0.15, -0.1) is 12.4 Å². The maximum Gasteiger partial charge on any atom is 0.419 e. The van der Waals surface area contributed by atoms with E-state index < -0.39 is 17.6 Å². The van der Waals surface area contributed by atoms with E-state index in [1.807, 2.05) is 18.3 Å². The second kappa shape index (κ2) is 8.78. The summed E-state index contributed by atoms with van der Waals surface area (Å²) in [5, 5.41) is 5.73. The normalized spacial score (nSPS) is 18.6. The Hall–Kier alpha value is -2.38. The van der Waals surface area contributed by atoms with Gasteiger partial charge in [0.05, 0.1) is 5.56 Å². The van der Waals surface area contributed by atoms with Crippen LogP contribution in [-0.2, 0) is 12.7 Å². The van der Waals surface area contributed by atoms with E-state index >= 15 is 0 Å². The van der Waals surface area contributed by atoms with Gasteiger partial charge in [-0.1, -0.05) is 12.1 Å². The highest BCUT2D eigenvalue weighted by Crippen LogP contribution is 2.35. The SMILES string of the molecule is Cc1ccc2cnccc2c1CNC1CC(Oc2ccc(F)c(C(F)(F)F)c2)C1.Cl. The molecule has 0 bridgehead atoms. The van der Waals surface area contributed by atoms with E-state index in [9.17, 15) is 17.6 Å². The van der Waals surface area contributed by atoms with Gasteiger partial charge >= 0.3 is 6.18 Å². The molecular weight excluding hydrogens is 420 g/mol. The summed E-state index contributed by atoms with van der Waals surface area (Å²) in [6, 6.07) is 9.10. The quantitative estimate of drug-likeness (QED) is 0.507. The molecule has 1 aliphatic carbocycles. The van der Waals surface area contributed by atoms with E-state index in [1.165, 1.54) is 17.2 Å². The Morgan fingerprint density at radius 3 is 2.63 bits per heavy atom. The van der Waals surface area contributed by atoms with E-state index in [0.29, 0.717) is 19.4 Å². The van der Waals surface area contributed by atoms with Crippen LogP contribution in [0.1, 0.15) is 29.5 Å². The molecular formula is C22H21ClF4N2O. The summed E-state index contributed by atoms with van der Waals surface area (Å²) in [5.41, 5.74) is 1.10. The maximum atomic E-state index is 13.4. The van der Waals surface area contributed by atoms with E-state index in [1.54, 1.807) is 6.20 Å². The summed E-state index contributed by atoms with van der Waals surface area (Å²) >= 11 is 0. The molecule has 0 unspecified atom stereocenters. The lowest BCUT2D eigenvalue weighted by atomic mass is 9.88. The van der Waals surface area contributed by atoms with Crippen molar-refractivity contribution in [1.29, 1.82) is 0 Å². The van der Waals surface area contributed by atoms with Crippen LogP contribution in [0.2, 0.25) is 0 Å². The highest BCUT2D eigenvalue weighted by molar-refractivity contribution is 5.86. The standard InChI is InChI=1S/C22H20F4N2O.ClH/c1-13-2-3-14-11-27-7-6-18(14)19(13)12-28-15-8-17(9-15)29-16-4-5-21(23)20(10-16)22(24,25)26;/h2-7,10-11,15,17,28H,8-9,12H2,1H3;1H. The number of rotatable bonds is 5. The van der Waals surface area contributed by atoms with Crippen LogP contribution in [0, 0.1) is 12.7 Å². The lowest BCUT2D eigenvalue weighted by molar-refractivity contribution is -0.140. The lowest BCUT2D eigenvalue weighted by Gasteiger charge is -2.36. The number of hydrogen-bond acceptors (Lipinski definition) is 3. The van der Waals surface area contributed by atoms with Crippen molar-refractivity contribution in [3.05, 3.63) is 71.3 Å². The number of aryl methyl sites for hydroxylation is 1. The van der Waals surface area contributed by atoms with Crippen LogP contribution in [0.25, 0.3) is 10.8 Å². The first-order valence-electron chi connectivity index (χ1n) is 9.40. The number of hydrogen-bond donors (Lipinski definition) is 1. The van der Waals surface area contributed by atoms with Crippen LogP contribution in [0.5, 0.6) is 5.75 Å². The van der Waals surface area contributed by atoms with Gasteiger partial charge in [0.2, 0.25) is 0 Å². The van der Waals surface area contributed by atoms with Crippen molar-refractivity contribution in [2.75, 3.05) is 0 Å². The van der Waals surface area contributed by atoms with Gasteiger partial charge in [-0.2, -0.15) is 13.2 Å². The van der Waals surface area contributed by atoms with Gasteiger partial charge in [0.1, 0.15) is 17.7 Å². The first-order chi connectivity index (χ1) is 13.8. The van der Waals surface area contributed by atoms with Crippen LogP contribution >= 0.6 is 12.4 Å². The number of nitrogens with one attached hydrogen (secondary N) is 1. The van der Waals surface area contributed by atoms with Crippen LogP contribution in [0.15, 0.2) is 48.8 Å². The van der Waals surface area contributed by atoms with Crippen LogP contribution < -0.4 is 10.1 Å². The van der Waals surface area contributed by atoms with E-state index in [2.05, 4.69) is 23.3 Å². The minimum absolute atomic E-state index is 0. The molecule has 1 aromatic heterocycles. The van der Waals surface area contributed by atoms with Crippen molar-refractivity contribution >= 4 is 23.2 Å². The molecule has 1 aliphatic rings. The monoisotopic (exact) mass is 440 g/mol. The van der Waals surface area contributed by atoms with Gasteiger partial charge in [-0.25, -0.2) is 4.39 Å². The van der Waals surface area contributed by atoms with Crippen molar-refractivity contribution in [1.82, 2.24) is 10.3 Å². The second-order valence-corrected chi connectivity index (χ2v) is 7.39. The zero-order valence-electron chi connectivity index (χ0n) is 16.2. The van der Waals surface area contributed by atoms with E-state index in [4.69, 9.17) is 4.74 Å². The largest absolute Gasteiger partial charge is 0.490 e. The molecule has 1 N–H and O–H groups in total. The Bertz CT molecular complexity index is 1040. The molecule has 0 aliphatic heterocycles. The Morgan fingerprint density at radius 2 is 1.90 bits per heavy atom. The minimum atomic E-state index is -4.74. The van der Waals surface area contributed by atoms with Crippen molar-refractivity contribution in [3.8, 4) is 5.75 Å². The molecule has 1 saturated carbocycles. The molecule has 1 fully saturated rings. The van der Waals surface area contributed by atoms with Gasteiger partial charge in [0.25, 0.3) is 0 Å². The number of benzene rings is 2. The van der Waals surface area contributed by atoms with Gasteiger partial charge in [0.15, 0.2) is 0 Å². The fraction of sp³-hybridized carbons (Fsp3) is 0.318. The van der Waals surface area contributed by atoms with Gasteiger partial charge < -0.3 is 10.1 Å². The minimum Gasteiger partial charge on any atom is -0.490 e. The fourth-order valence-corrected chi connectivity index (χ4v) is 3.64. The predicted octanol–water partition coefficient (Wildman–Crippen LogP) is 5.82. The Morgan fingerprint density at radius 1 is 1.13 bits per heavy atom. The van der Waals surface area contributed by atoms with Crippen LogP contribution in [-0.4, -0.2) is 17.1 Å². The maximum absolute atomic E-state index is 13.4. The van der Waals surface area contributed by atoms with Crippen molar-refractivity contribution in [3.63, 3.8) is 0 Å². The van der Waals surface area contributed by atoms with E-state index in [0.717, 1.165) is 22.9 Å². The zero-order chi connectivity index (χ0) is 20.6. The number of fused-ring (bicyclic) bond motifs is 1. The van der Waals surface area contributed by atoms with Gasteiger partial charge in [-0.05, 0) is 60.5 Å². The third-order valence-electron chi connectivity index (χ3n) is 5.37. The molecule has 0 atom stereocenters. The highest BCUT2D eigenvalue weighted by Gasteiger charge is 2.35. The fourth-order valence-electron chi connectivity index (χ4n) is 3.64. The molecule has 0 radical (unpaired) electrons. The van der Waals surface area contributed by atoms with Crippen molar-refractivity contribution < 1.29 is 22.3 Å². The average Bonchev–Trinajstić information content (AvgIpc) is 2.65. The number of halogens is 5. The number of pyridine rings is 1.